The van der Waals surface area contributed by atoms with Gasteiger partial charge in [0.2, 0.25) is 11.8 Å². The second-order valence-corrected chi connectivity index (χ2v) is 9.74. The van der Waals surface area contributed by atoms with Crippen molar-refractivity contribution in [2.24, 2.45) is 4.99 Å². The molecule has 1 aliphatic heterocycles. The number of methoxy groups -OCH3 is 1. The lowest BCUT2D eigenvalue weighted by molar-refractivity contribution is -0.128. The number of ether oxygens (including phenoxy) is 1. The minimum atomic E-state index is -0.620. The number of benzene rings is 3. The number of nitrogens with zero attached hydrogens (tertiary/aromatic N) is 2. The Labute approximate surface area is 218 Å². The van der Waals surface area contributed by atoms with Gasteiger partial charge in [-0.05, 0) is 73.2 Å². The largest absolute Gasteiger partial charge is 0.497 e. The van der Waals surface area contributed by atoms with Crippen molar-refractivity contribution in [3.05, 3.63) is 88.9 Å². The molecule has 9 heteroatoms. The van der Waals surface area contributed by atoms with E-state index in [1.54, 1.807) is 60.5 Å². The molecule has 184 valence electrons. The number of amides is 2. The van der Waals surface area contributed by atoms with E-state index in [2.05, 4.69) is 10.3 Å². The van der Waals surface area contributed by atoms with Crippen LogP contribution in [0.5, 0.6) is 5.75 Å². The fourth-order valence-corrected chi connectivity index (χ4v) is 4.86. The molecule has 3 aromatic rings. The average Bonchev–Trinajstić information content (AvgIpc) is 3.14. The zero-order valence-electron chi connectivity index (χ0n) is 19.7. The number of rotatable bonds is 8. The standard InChI is InChI=1S/C27H24ClN3O4S/c1-17(32)19-5-9-21(10-6-19)29-25(33)15-24-26(34)31(16-18-3-7-20(28)8-4-18)27(36-24)30-22-11-13-23(35-2)14-12-22/h3-14,24H,15-16H2,1-2H3,(H,29,33). The van der Waals surface area contributed by atoms with Gasteiger partial charge in [0.05, 0.1) is 19.3 Å². The van der Waals surface area contributed by atoms with E-state index in [1.807, 2.05) is 24.3 Å². The van der Waals surface area contributed by atoms with Gasteiger partial charge in [-0.3, -0.25) is 19.3 Å². The Morgan fingerprint density at radius 3 is 2.31 bits per heavy atom. The number of carbonyl (C=O) groups is 3. The normalized spacial score (nSPS) is 16.3. The lowest BCUT2D eigenvalue weighted by atomic mass is 10.1. The summed E-state index contributed by atoms with van der Waals surface area (Å²) >= 11 is 7.27. The molecule has 0 bridgehead atoms. The van der Waals surface area contributed by atoms with Gasteiger partial charge in [0, 0.05) is 22.7 Å². The minimum Gasteiger partial charge on any atom is -0.497 e. The van der Waals surface area contributed by atoms with Crippen molar-refractivity contribution in [1.29, 1.82) is 0 Å². The first-order valence-electron chi connectivity index (χ1n) is 11.2. The zero-order valence-corrected chi connectivity index (χ0v) is 21.3. The van der Waals surface area contributed by atoms with Crippen molar-refractivity contribution in [2.45, 2.75) is 25.1 Å². The summed E-state index contributed by atoms with van der Waals surface area (Å²) in [7, 11) is 1.59. The monoisotopic (exact) mass is 521 g/mol. The summed E-state index contributed by atoms with van der Waals surface area (Å²) in [6.07, 6.45) is -0.0172. The number of nitrogens with one attached hydrogen (secondary N) is 1. The number of ketones is 1. The van der Waals surface area contributed by atoms with Crippen LogP contribution in [0.15, 0.2) is 77.8 Å². The van der Waals surface area contributed by atoms with Crippen LogP contribution >= 0.6 is 23.4 Å². The molecule has 1 saturated heterocycles. The first kappa shape index (κ1) is 25.5. The molecule has 0 aromatic heterocycles. The lowest BCUT2D eigenvalue weighted by Gasteiger charge is -2.17. The fraction of sp³-hybridized carbons (Fsp3) is 0.185. The van der Waals surface area contributed by atoms with Crippen LogP contribution in [-0.4, -0.2) is 40.0 Å². The van der Waals surface area contributed by atoms with Crippen molar-refractivity contribution >= 4 is 57.5 Å². The van der Waals surface area contributed by atoms with Crippen LogP contribution in [0.25, 0.3) is 0 Å². The third-order valence-electron chi connectivity index (χ3n) is 5.52. The van der Waals surface area contributed by atoms with Crippen LogP contribution in [-0.2, 0) is 16.1 Å². The van der Waals surface area contributed by atoms with Gasteiger partial charge in [-0.15, -0.1) is 0 Å². The molecule has 0 spiro atoms. The highest BCUT2D eigenvalue weighted by atomic mass is 35.5. The van der Waals surface area contributed by atoms with Gasteiger partial charge in [-0.2, -0.15) is 0 Å². The first-order valence-corrected chi connectivity index (χ1v) is 12.4. The summed E-state index contributed by atoms with van der Waals surface area (Å²) in [4.78, 5) is 43.8. The summed E-state index contributed by atoms with van der Waals surface area (Å²) in [5.74, 6) is 0.168. The van der Waals surface area contributed by atoms with E-state index in [1.165, 1.54) is 18.7 Å². The number of thioether (sulfide) groups is 1. The number of carbonyl (C=O) groups excluding carboxylic acids is 3. The number of amidine groups is 1. The highest BCUT2D eigenvalue weighted by Crippen LogP contribution is 2.33. The maximum atomic E-state index is 13.3. The summed E-state index contributed by atoms with van der Waals surface area (Å²) in [5.41, 5.74) is 2.69. The zero-order chi connectivity index (χ0) is 25.7. The molecule has 2 amide bonds. The van der Waals surface area contributed by atoms with Crippen molar-refractivity contribution in [2.75, 3.05) is 12.4 Å². The lowest BCUT2D eigenvalue weighted by Crippen LogP contribution is -2.33. The van der Waals surface area contributed by atoms with E-state index in [-0.39, 0.29) is 24.0 Å². The predicted molar refractivity (Wildman–Crippen MR) is 143 cm³/mol. The third-order valence-corrected chi connectivity index (χ3v) is 6.94. The minimum absolute atomic E-state index is 0.0172. The Kier molecular flexibility index (Phi) is 8.07. The predicted octanol–water partition coefficient (Wildman–Crippen LogP) is 5.71. The van der Waals surface area contributed by atoms with Crippen LogP contribution in [0.1, 0.15) is 29.3 Å². The van der Waals surface area contributed by atoms with Crippen LogP contribution in [0.3, 0.4) is 0 Å². The van der Waals surface area contributed by atoms with Crippen LogP contribution < -0.4 is 10.1 Å². The van der Waals surface area contributed by atoms with Crippen molar-refractivity contribution in [3.63, 3.8) is 0 Å². The van der Waals surface area contributed by atoms with Gasteiger partial charge < -0.3 is 10.1 Å². The Morgan fingerprint density at radius 1 is 1.03 bits per heavy atom. The third kappa shape index (κ3) is 6.33. The Morgan fingerprint density at radius 2 is 1.69 bits per heavy atom. The van der Waals surface area contributed by atoms with E-state index in [0.717, 1.165) is 5.56 Å². The van der Waals surface area contributed by atoms with Crippen LogP contribution in [0.4, 0.5) is 11.4 Å². The smallest absolute Gasteiger partial charge is 0.242 e. The molecule has 1 unspecified atom stereocenters. The number of aliphatic imine (C=N–C) groups is 1. The molecule has 0 saturated carbocycles. The Bertz CT molecular complexity index is 1290. The molecule has 7 nitrogen and oxygen atoms in total. The molecule has 4 rings (SSSR count). The van der Waals surface area contributed by atoms with E-state index >= 15 is 0 Å². The van der Waals surface area contributed by atoms with Gasteiger partial charge in [-0.1, -0.05) is 35.5 Å². The van der Waals surface area contributed by atoms with Gasteiger partial charge in [0.1, 0.15) is 11.0 Å². The van der Waals surface area contributed by atoms with Crippen LogP contribution in [0, 0.1) is 0 Å². The van der Waals surface area contributed by atoms with E-state index in [0.29, 0.717) is 39.4 Å². The number of Topliss-reactive ketones (excluding diaryl/α,β-unsaturated/α-hetero) is 1. The molecule has 1 fully saturated rings. The molecular formula is C27H24ClN3O4S. The maximum Gasteiger partial charge on any atom is 0.242 e. The maximum absolute atomic E-state index is 13.3. The number of hydrogen-bond donors (Lipinski definition) is 1. The van der Waals surface area contributed by atoms with E-state index in [9.17, 15) is 14.4 Å². The molecule has 1 atom stereocenters. The highest BCUT2D eigenvalue weighted by Gasteiger charge is 2.39. The second-order valence-electron chi connectivity index (χ2n) is 8.14. The molecule has 1 aliphatic rings. The Hall–Kier alpha value is -3.62. The summed E-state index contributed by atoms with van der Waals surface area (Å²) in [6, 6.07) is 21.1. The van der Waals surface area contributed by atoms with Crippen molar-refractivity contribution in [3.8, 4) is 5.75 Å². The molecule has 36 heavy (non-hydrogen) atoms. The van der Waals surface area contributed by atoms with Crippen molar-refractivity contribution < 1.29 is 19.1 Å². The highest BCUT2D eigenvalue weighted by molar-refractivity contribution is 8.15. The van der Waals surface area contributed by atoms with E-state index < -0.39 is 5.25 Å². The molecule has 0 radical (unpaired) electrons. The van der Waals surface area contributed by atoms with Gasteiger partial charge in [-0.25, -0.2) is 4.99 Å². The molecule has 3 aromatic carbocycles. The first-order chi connectivity index (χ1) is 17.3. The Balaban J connectivity index is 1.52. The molecule has 1 N–H and O–H groups in total. The number of anilines is 1. The fourth-order valence-electron chi connectivity index (χ4n) is 3.58. The van der Waals surface area contributed by atoms with Gasteiger partial charge in [0.15, 0.2) is 11.0 Å². The van der Waals surface area contributed by atoms with Crippen molar-refractivity contribution in [1.82, 2.24) is 4.90 Å². The summed E-state index contributed by atoms with van der Waals surface area (Å²) < 4.78 is 5.20. The average molecular weight is 522 g/mol. The molecule has 1 heterocycles. The SMILES string of the molecule is COc1ccc(N=C2SC(CC(=O)Nc3ccc(C(C)=O)cc3)C(=O)N2Cc2ccc(Cl)cc2)cc1. The summed E-state index contributed by atoms with van der Waals surface area (Å²) in [6.45, 7) is 1.79. The van der Waals surface area contributed by atoms with Crippen LogP contribution in [0.2, 0.25) is 5.02 Å². The quantitative estimate of drug-likeness (QED) is 0.383. The number of halogens is 1. The molecule has 0 aliphatic carbocycles. The van der Waals surface area contributed by atoms with E-state index in [4.69, 9.17) is 16.3 Å². The topological polar surface area (TPSA) is 88.1 Å². The number of hydrogen-bond acceptors (Lipinski definition) is 6. The summed E-state index contributed by atoms with van der Waals surface area (Å²) in [5, 5.41) is 3.31. The van der Waals surface area contributed by atoms with Gasteiger partial charge >= 0.3 is 0 Å². The van der Waals surface area contributed by atoms with Gasteiger partial charge in [0.25, 0.3) is 0 Å². The molecular weight excluding hydrogens is 498 g/mol. The second kappa shape index (κ2) is 11.4.